The van der Waals surface area contributed by atoms with Crippen LogP contribution in [0.5, 0.6) is 0 Å². The Balaban J connectivity index is 2.05. The van der Waals surface area contributed by atoms with E-state index in [4.69, 9.17) is 0 Å². The van der Waals surface area contributed by atoms with Gasteiger partial charge in [-0.25, -0.2) is 14.2 Å². The van der Waals surface area contributed by atoms with E-state index in [2.05, 4.69) is 10.3 Å². The molecule has 23 heavy (non-hydrogen) atoms. The maximum Gasteiger partial charge on any atom is 0.323 e. The van der Waals surface area contributed by atoms with Crippen molar-refractivity contribution in [1.82, 2.24) is 9.88 Å². The number of aliphatic hydroxyl groups excluding tert-OH is 1. The van der Waals surface area contributed by atoms with E-state index >= 15 is 0 Å². The number of nitrogens with zero attached hydrogens (tertiary/aromatic N) is 2. The molecule has 0 radical (unpaired) electrons. The predicted octanol–water partition coefficient (Wildman–Crippen LogP) is 3.51. The molecule has 5 nitrogen and oxygen atoms in total. The third kappa shape index (κ3) is 5.30. The number of hydrogen-bond acceptors (Lipinski definition) is 4. The van der Waals surface area contributed by atoms with Gasteiger partial charge in [-0.2, -0.15) is 0 Å². The minimum absolute atomic E-state index is 0.126. The van der Waals surface area contributed by atoms with E-state index in [0.29, 0.717) is 17.2 Å². The normalized spacial score (nSPS) is 12.2. The van der Waals surface area contributed by atoms with Crippen molar-refractivity contribution in [2.24, 2.45) is 5.92 Å². The fraction of sp³-hybridized carbons (Fsp3) is 0.375. The molecule has 2 amide bonds. The summed E-state index contributed by atoms with van der Waals surface area (Å²) >= 11 is 1.33. The molecule has 1 unspecified atom stereocenters. The molecular formula is C16H20FN3O2S. The number of rotatable bonds is 6. The lowest BCUT2D eigenvalue weighted by atomic mass is 10.1. The second-order valence-corrected chi connectivity index (χ2v) is 6.53. The van der Waals surface area contributed by atoms with Gasteiger partial charge in [-0.05, 0) is 23.6 Å². The first-order valence-electron chi connectivity index (χ1n) is 7.34. The van der Waals surface area contributed by atoms with Gasteiger partial charge in [-0.3, -0.25) is 5.32 Å². The monoisotopic (exact) mass is 337 g/mol. The number of anilines is 1. The second-order valence-electron chi connectivity index (χ2n) is 5.63. The zero-order valence-electron chi connectivity index (χ0n) is 13.1. The predicted molar refractivity (Wildman–Crippen MR) is 88.9 cm³/mol. The number of hydrogen-bond donors (Lipinski definition) is 2. The van der Waals surface area contributed by atoms with Gasteiger partial charge in [0.05, 0.1) is 12.6 Å². The molecule has 0 aliphatic carbocycles. The lowest BCUT2D eigenvalue weighted by Gasteiger charge is -2.27. The number of carbonyl (C=O) groups excluding carboxylic acids is 1. The summed E-state index contributed by atoms with van der Waals surface area (Å²) in [6.07, 6.45) is 0.733. The number of aliphatic hydroxyl groups is 1. The van der Waals surface area contributed by atoms with Crippen LogP contribution in [0, 0.1) is 11.7 Å². The zero-order chi connectivity index (χ0) is 16.8. The first kappa shape index (κ1) is 17.4. The van der Waals surface area contributed by atoms with Crippen molar-refractivity contribution in [2.45, 2.75) is 20.0 Å². The quantitative estimate of drug-likeness (QED) is 0.848. The molecule has 0 saturated heterocycles. The highest BCUT2D eigenvalue weighted by atomic mass is 32.1. The molecule has 2 rings (SSSR count). The van der Waals surface area contributed by atoms with Crippen molar-refractivity contribution < 1.29 is 14.3 Å². The van der Waals surface area contributed by atoms with E-state index in [1.165, 1.54) is 35.6 Å². The largest absolute Gasteiger partial charge is 0.387 e. The number of halogens is 1. The molecule has 0 aliphatic heterocycles. The number of amides is 2. The van der Waals surface area contributed by atoms with Crippen LogP contribution in [0.1, 0.15) is 25.5 Å². The number of urea groups is 1. The lowest BCUT2D eigenvalue weighted by molar-refractivity contribution is 0.121. The minimum atomic E-state index is -0.878. The van der Waals surface area contributed by atoms with Gasteiger partial charge in [0.15, 0.2) is 5.13 Å². The van der Waals surface area contributed by atoms with Crippen LogP contribution >= 0.6 is 11.3 Å². The summed E-state index contributed by atoms with van der Waals surface area (Å²) < 4.78 is 13.0. The molecule has 0 fully saturated rings. The van der Waals surface area contributed by atoms with E-state index < -0.39 is 6.10 Å². The Kier molecular flexibility index (Phi) is 6.06. The Morgan fingerprint density at radius 3 is 2.61 bits per heavy atom. The molecule has 2 aromatic rings. The molecule has 0 saturated carbocycles. The van der Waals surface area contributed by atoms with Crippen LogP contribution in [0.25, 0.3) is 0 Å². The van der Waals surface area contributed by atoms with Crippen molar-refractivity contribution in [3.63, 3.8) is 0 Å². The number of nitrogens with one attached hydrogen (secondary N) is 1. The molecule has 124 valence electrons. The van der Waals surface area contributed by atoms with Crippen LogP contribution in [0.15, 0.2) is 35.8 Å². The summed E-state index contributed by atoms with van der Waals surface area (Å²) in [6.45, 7) is 4.61. The molecule has 7 heteroatoms. The highest BCUT2D eigenvalue weighted by molar-refractivity contribution is 7.13. The van der Waals surface area contributed by atoms with Gasteiger partial charge < -0.3 is 10.0 Å². The maximum absolute atomic E-state index is 13.0. The fourth-order valence-electron chi connectivity index (χ4n) is 2.14. The lowest BCUT2D eigenvalue weighted by Crippen LogP contribution is -2.40. The van der Waals surface area contributed by atoms with E-state index in [-0.39, 0.29) is 24.3 Å². The fourth-order valence-corrected chi connectivity index (χ4v) is 2.65. The molecule has 0 spiro atoms. The minimum Gasteiger partial charge on any atom is -0.387 e. The average molecular weight is 337 g/mol. The van der Waals surface area contributed by atoms with Gasteiger partial charge in [-0.1, -0.05) is 26.0 Å². The summed E-state index contributed by atoms with van der Waals surface area (Å²) in [4.78, 5) is 17.9. The Labute approximate surface area is 138 Å². The summed E-state index contributed by atoms with van der Waals surface area (Å²) in [5.74, 6) is -0.112. The molecule has 0 aliphatic rings. The van der Waals surface area contributed by atoms with Crippen LogP contribution < -0.4 is 5.32 Å². The Morgan fingerprint density at radius 1 is 1.35 bits per heavy atom. The number of thiazole rings is 1. The van der Waals surface area contributed by atoms with Crippen LogP contribution in [0.4, 0.5) is 14.3 Å². The molecule has 1 heterocycles. The maximum atomic E-state index is 13.0. The summed E-state index contributed by atoms with van der Waals surface area (Å²) in [5, 5.41) is 15.3. The van der Waals surface area contributed by atoms with Gasteiger partial charge in [-0.15, -0.1) is 11.3 Å². The van der Waals surface area contributed by atoms with E-state index in [1.54, 1.807) is 16.5 Å². The summed E-state index contributed by atoms with van der Waals surface area (Å²) in [6, 6.07) is 5.32. The summed E-state index contributed by atoms with van der Waals surface area (Å²) in [5.41, 5.74) is 0.571. The van der Waals surface area contributed by atoms with E-state index in [1.807, 2.05) is 13.8 Å². The van der Waals surface area contributed by atoms with Gasteiger partial charge >= 0.3 is 6.03 Å². The van der Waals surface area contributed by atoms with Crippen molar-refractivity contribution in [3.05, 3.63) is 47.2 Å². The van der Waals surface area contributed by atoms with Crippen LogP contribution in [0.2, 0.25) is 0 Å². The van der Waals surface area contributed by atoms with Crippen molar-refractivity contribution >= 4 is 22.5 Å². The van der Waals surface area contributed by atoms with Gasteiger partial charge in [0.2, 0.25) is 0 Å². The van der Waals surface area contributed by atoms with Crippen molar-refractivity contribution in [3.8, 4) is 0 Å². The standard InChI is InChI=1S/C16H20FN3O2S/c1-11(2)9-20(16(22)19-15-18-7-8-23-15)10-14(21)12-3-5-13(17)6-4-12/h3-8,11,14,21H,9-10H2,1-2H3,(H,18,19,22). The zero-order valence-corrected chi connectivity index (χ0v) is 13.9. The summed E-state index contributed by atoms with van der Waals surface area (Å²) in [7, 11) is 0. The highest BCUT2D eigenvalue weighted by Crippen LogP contribution is 2.17. The first-order valence-corrected chi connectivity index (χ1v) is 8.22. The SMILES string of the molecule is CC(C)CN(CC(O)c1ccc(F)cc1)C(=O)Nc1nccs1. The highest BCUT2D eigenvalue weighted by Gasteiger charge is 2.20. The van der Waals surface area contributed by atoms with E-state index in [0.717, 1.165) is 0 Å². The second kappa shape index (κ2) is 8.03. The van der Waals surface area contributed by atoms with Crippen LogP contribution in [-0.4, -0.2) is 34.1 Å². The van der Waals surface area contributed by atoms with Crippen LogP contribution in [0.3, 0.4) is 0 Å². The molecule has 1 atom stereocenters. The molecule has 0 bridgehead atoms. The number of carbonyl (C=O) groups is 1. The van der Waals surface area contributed by atoms with Crippen molar-refractivity contribution in [1.29, 1.82) is 0 Å². The van der Waals surface area contributed by atoms with Gasteiger partial charge in [0.25, 0.3) is 0 Å². The molecule has 1 aromatic heterocycles. The Bertz CT molecular complexity index is 617. The Morgan fingerprint density at radius 2 is 2.04 bits per heavy atom. The van der Waals surface area contributed by atoms with Gasteiger partial charge in [0, 0.05) is 18.1 Å². The Hall–Kier alpha value is -1.99. The molecule has 1 aromatic carbocycles. The number of benzene rings is 1. The smallest absolute Gasteiger partial charge is 0.323 e. The third-order valence-corrected chi connectivity index (χ3v) is 3.86. The number of aromatic nitrogens is 1. The van der Waals surface area contributed by atoms with Crippen LogP contribution in [-0.2, 0) is 0 Å². The van der Waals surface area contributed by atoms with E-state index in [9.17, 15) is 14.3 Å². The first-order chi connectivity index (χ1) is 11.0. The molecule has 2 N–H and O–H groups in total. The van der Waals surface area contributed by atoms with Gasteiger partial charge in [0.1, 0.15) is 5.82 Å². The topological polar surface area (TPSA) is 65.5 Å². The third-order valence-electron chi connectivity index (χ3n) is 3.17. The van der Waals surface area contributed by atoms with Crippen molar-refractivity contribution in [2.75, 3.05) is 18.4 Å². The molecular weight excluding hydrogens is 317 g/mol. The average Bonchev–Trinajstić information content (AvgIpc) is 2.99.